The van der Waals surface area contributed by atoms with Crippen LogP contribution in [0.3, 0.4) is 0 Å². The number of fused-ring (bicyclic) bond motifs is 2. The molecular formula is C10H11BrN5O7P. The van der Waals surface area contributed by atoms with Crippen molar-refractivity contribution >= 4 is 40.7 Å². The molecule has 24 heavy (non-hydrogen) atoms. The first-order valence-electron chi connectivity index (χ1n) is 6.66. The van der Waals surface area contributed by atoms with Gasteiger partial charge in [-0.15, -0.1) is 4.73 Å². The summed E-state index contributed by atoms with van der Waals surface area (Å²) in [6, 6.07) is 0. The van der Waals surface area contributed by atoms with Crippen LogP contribution in [0.25, 0.3) is 11.2 Å². The van der Waals surface area contributed by atoms with Crippen molar-refractivity contribution in [2.45, 2.75) is 24.6 Å². The summed E-state index contributed by atoms with van der Waals surface area (Å²) in [5.74, 6) is 0.155. The monoisotopic (exact) mass is 423 g/mol. The van der Waals surface area contributed by atoms with Crippen LogP contribution in [-0.4, -0.2) is 60.9 Å². The van der Waals surface area contributed by atoms with Crippen LogP contribution in [0.15, 0.2) is 11.1 Å². The maximum absolute atomic E-state index is 11.5. The van der Waals surface area contributed by atoms with E-state index in [0.29, 0.717) is 5.52 Å². The van der Waals surface area contributed by atoms with Gasteiger partial charge in [0.15, 0.2) is 11.3 Å². The Hall–Kier alpha value is -1.34. The lowest BCUT2D eigenvalue weighted by Crippen LogP contribution is -2.41. The largest absolute Gasteiger partial charge is 0.472 e. The summed E-state index contributed by atoms with van der Waals surface area (Å²) < 4.78 is 27.8. The first kappa shape index (κ1) is 16.1. The Morgan fingerprint density at radius 1 is 1.50 bits per heavy atom. The summed E-state index contributed by atoms with van der Waals surface area (Å²) in [5, 5.41) is 10.3. The molecule has 2 fully saturated rings. The number of ether oxygens (including phenoxy) is 1. The molecule has 14 heteroatoms. The minimum absolute atomic E-state index is 0.155. The number of phosphoric ester groups is 1. The van der Waals surface area contributed by atoms with E-state index in [1.165, 1.54) is 6.33 Å². The van der Waals surface area contributed by atoms with Crippen LogP contribution >= 0.6 is 23.8 Å². The minimum Gasteiger partial charge on any atom is -0.384 e. The number of aliphatic hydroxyl groups excluding tert-OH is 1. The number of aromatic nitrogens is 4. The Morgan fingerprint density at radius 3 is 3.08 bits per heavy atom. The second-order valence-electron chi connectivity index (χ2n) is 5.08. The molecule has 0 bridgehead atoms. The normalized spacial score (nSPS) is 36.0. The summed E-state index contributed by atoms with van der Waals surface area (Å²) in [7, 11) is -4.21. The van der Waals surface area contributed by atoms with Crippen LogP contribution in [0.2, 0.25) is 0 Å². The van der Waals surface area contributed by atoms with E-state index in [1.54, 1.807) is 0 Å². The lowest BCUT2D eigenvalue weighted by atomic mass is 10.1. The molecular weight excluding hydrogens is 413 g/mol. The zero-order chi connectivity index (χ0) is 17.1. The number of hydrogen-bond donors (Lipinski definition) is 3. The second kappa shape index (κ2) is 5.59. The number of nitrogen functional groups attached to an aromatic ring is 1. The number of halogens is 1. The summed E-state index contributed by atoms with van der Waals surface area (Å²) >= 11 is 3.19. The van der Waals surface area contributed by atoms with Gasteiger partial charge in [-0.25, -0.2) is 19.5 Å². The number of imidazole rings is 1. The van der Waals surface area contributed by atoms with E-state index in [2.05, 4.69) is 35.4 Å². The van der Waals surface area contributed by atoms with Crippen molar-refractivity contribution in [2.75, 3.05) is 12.3 Å². The summed E-state index contributed by atoms with van der Waals surface area (Å²) in [4.78, 5) is 26.9. The fourth-order valence-electron chi connectivity index (χ4n) is 2.47. The first-order valence-corrected chi connectivity index (χ1v) is 8.95. The molecule has 2 aromatic rings. The van der Waals surface area contributed by atoms with Crippen molar-refractivity contribution in [1.29, 1.82) is 0 Å². The predicted octanol–water partition coefficient (Wildman–Crippen LogP) is -0.799. The summed E-state index contributed by atoms with van der Waals surface area (Å²) in [5.41, 5.74) is 6.27. The van der Waals surface area contributed by atoms with Crippen molar-refractivity contribution in [3.05, 3.63) is 11.1 Å². The van der Waals surface area contributed by atoms with Crippen LogP contribution in [0.4, 0.5) is 5.82 Å². The lowest BCUT2D eigenvalue weighted by molar-refractivity contribution is -0.169. The molecule has 130 valence electrons. The molecule has 2 aromatic heterocycles. The van der Waals surface area contributed by atoms with Gasteiger partial charge >= 0.3 is 7.82 Å². The standard InChI is InChI=1S/C10H11BrN5O7P/c11-10-15-4-7(12)13-2-14-8(4)16(10)22-9-5(17)6-3(21-9)1-20-24(18,19)23-6/h2-3,5-6,9,17H,1H2,(H,18,19)(H2,12,13,14)/t3-,5-,6-,9+/m1/s1. The Bertz CT molecular complexity index is 848. The molecule has 0 amide bonds. The van der Waals surface area contributed by atoms with Gasteiger partial charge in [0, 0.05) is 0 Å². The van der Waals surface area contributed by atoms with E-state index in [-0.39, 0.29) is 22.8 Å². The van der Waals surface area contributed by atoms with Gasteiger partial charge in [0.1, 0.15) is 24.6 Å². The highest BCUT2D eigenvalue weighted by Gasteiger charge is 2.53. The third-order valence-corrected chi connectivity index (χ3v) is 5.04. The fraction of sp³-hybridized carbons (Fsp3) is 0.500. The number of phosphoric acid groups is 1. The van der Waals surface area contributed by atoms with Gasteiger partial charge in [-0.2, -0.15) is 0 Å². The van der Waals surface area contributed by atoms with Gasteiger partial charge in [-0.3, -0.25) is 9.05 Å². The van der Waals surface area contributed by atoms with Gasteiger partial charge < -0.3 is 25.3 Å². The maximum atomic E-state index is 11.5. The number of aliphatic hydroxyl groups is 1. The van der Waals surface area contributed by atoms with Gasteiger partial charge in [0.25, 0.3) is 6.29 Å². The molecule has 0 spiro atoms. The van der Waals surface area contributed by atoms with Crippen LogP contribution in [0.1, 0.15) is 0 Å². The van der Waals surface area contributed by atoms with Crippen molar-refractivity contribution < 1.29 is 33.2 Å². The van der Waals surface area contributed by atoms with Gasteiger partial charge in [0.2, 0.25) is 10.4 Å². The summed E-state index contributed by atoms with van der Waals surface area (Å²) in [6.45, 7) is -0.212. The molecule has 2 aliphatic rings. The van der Waals surface area contributed by atoms with Crippen LogP contribution < -0.4 is 10.6 Å². The average Bonchev–Trinajstić information content (AvgIpc) is 2.99. The second-order valence-corrected chi connectivity index (χ2v) is 7.20. The van der Waals surface area contributed by atoms with E-state index in [0.717, 1.165) is 4.73 Å². The van der Waals surface area contributed by atoms with E-state index >= 15 is 0 Å². The van der Waals surface area contributed by atoms with Gasteiger partial charge in [-0.05, 0) is 15.9 Å². The topological polar surface area (TPSA) is 164 Å². The third-order valence-electron chi connectivity index (χ3n) is 3.55. The molecule has 2 aliphatic heterocycles. The van der Waals surface area contributed by atoms with Crippen LogP contribution in [0.5, 0.6) is 0 Å². The van der Waals surface area contributed by atoms with E-state index < -0.39 is 32.4 Å². The molecule has 5 atom stereocenters. The van der Waals surface area contributed by atoms with Gasteiger partial charge in [0.05, 0.1) is 6.61 Å². The smallest absolute Gasteiger partial charge is 0.384 e. The minimum atomic E-state index is -4.21. The van der Waals surface area contributed by atoms with E-state index in [4.69, 9.17) is 19.8 Å². The molecule has 4 N–H and O–H groups in total. The molecule has 0 radical (unpaired) electrons. The molecule has 12 nitrogen and oxygen atoms in total. The maximum Gasteiger partial charge on any atom is 0.472 e. The highest BCUT2D eigenvalue weighted by atomic mass is 79.9. The molecule has 0 aromatic carbocycles. The quantitative estimate of drug-likeness (QED) is 0.408. The molecule has 1 unspecified atom stereocenters. The predicted molar refractivity (Wildman–Crippen MR) is 79.3 cm³/mol. The van der Waals surface area contributed by atoms with E-state index in [1.807, 2.05) is 0 Å². The molecule has 4 rings (SSSR count). The van der Waals surface area contributed by atoms with Crippen molar-refractivity contribution in [3.63, 3.8) is 0 Å². The number of hydrogen-bond acceptors (Lipinski definition) is 10. The molecule has 0 aliphatic carbocycles. The Morgan fingerprint density at radius 2 is 2.29 bits per heavy atom. The fourth-order valence-corrected chi connectivity index (χ4v) is 3.86. The zero-order valence-electron chi connectivity index (χ0n) is 11.7. The number of nitrogens with zero attached hydrogens (tertiary/aromatic N) is 4. The molecule has 2 saturated heterocycles. The Kier molecular flexibility index (Phi) is 3.76. The summed E-state index contributed by atoms with van der Waals surface area (Å²) in [6.07, 6.45) is -3.12. The SMILES string of the molecule is Nc1ncnc2c1nc(Br)n2O[C@@H]1O[C@@H]2COP(=O)(O)O[C@H]2[C@H]1O. The Labute approximate surface area is 142 Å². The first-order chi connectivity index (χ1) is 11.4. The highest BCUT2D eigenvalue weighted by molar-refractivity contribution is 9.10. The third kappa shape index (κ3) is 2.58. The number of nitrogens with two attached hydrogens (primary N) is 1. The average molecular weight is 424 g/mol. The van der Waals surface area contributed by atoms with Crippen molar-refractivity contribution in [2.24, 2.45) is 0 Å². The van der Waals surface area contributed by atoms with E-state index in [9.17, 15) is 14.6 Å². The molecule has 4 heterocycles. The number of anilines is 1. The Balaban J connectivity index is 1.62. The van der Waals surface area contributed by atoms with Gasteiger partial charge in [-0.1, -0.05) is 0 Å². The van der Waals surface area contributed by atoms with Crippen LogP contribution in [0, 0.1) is 0 Å². The lowest BCUT2D eigenvalue weighted by Gasteiger charge is -2.27. The zero-order valence-corrected chi connectivity index (χ0v) is 14.2. The highest BCUT2D eigenvalue weighted by Crippen LogP contribution is 2.51. The molecule has 0 saturated carbocycles. The van der Waals surface area contributed by atoms with Crippen molar-refractivity contribution in [3.8, 4) is 0 Å². The number of rotatable bonds is 2. The van der Waals surface area contributed by atoms with Crippen molar-refractivity contribution in [1.82, 2.24) is 19.7 Å². The van der Waals surface area contributed by atoms with Crippen LogP contribution in [-0.2, 0) is 18.3 Å².